The van der Waals surface area contributed by atoms with E-state index in [0.717, 1.165) is 0 Å². The fourth-order valence-electron chi connectivity index (χ4n) is 1.76. The molecule has 5 nitrogen and oxygen atoms in total. The van der Waals surface area contributed by atoms with Crippen LogP contribution in [0.1, 0.15) is 10.4 Å². The number of amides is 1. The zero-order chi connectivity index (χ0) is 16.1. The molecule has 0 saturated heterocycles. The van der Waals surface area contributed by atoms with Gasteiger partial charge in [-0.3, -0.25) is 4.79 Å². The van der Waals surface area contributed by atoms with E-state index in [9.17, 15) is 18.4 Å². The van der Waals surface area contributed by atoms with Crippen molar-refractivity contribution in [1.82, 2.24) is 0 Å². The van der Waals surface area contributed by atoms with Gasteiger partial charge >= 0.3 is 5.97 Å². The number of hydrogen-bond donors (Lipinski definition) is 3. The summed E-state index contributed by atoms with van der Waals surface area (Å²) < 4.78 is 26.3. The van der Waals surface area contributed by atoms with E-state index in [1.165, 1.54) is 0 Å². The van der Waals surface area contributed by atoms with E-state index in [0.29, 0.717) is 17.8 Å². The molecule has 0 aromatic heterocycles. The summed E-state index contributed by atoms with van der Waals surface area (Å²) in [6, 6.07) is 10.0. The van der Waals surface area contributed by atoms with Gasteiger partial charge in [0.2, 0.25) is 5.91 Å². The second-order valence-electron chi connectivity index (χ2n) is 4.38. The Bertz CT molecular complexity index is 705. The molecule has 0 aliphatic rings. The summed E-state index contributed by atoms with van der Waals surface area (Å²) >= 11 is 0. The predicted octanol–water partition coefficient (Wildman–Crippen LogP) is 2.71. The summed E-state index contributed by atoms with van der Waals surface area (Å²) in [5.41, 5.74) is -0.125. The van der Waals surface area contributed by atoms with Crippen molar-refractivity contribution in [2.24, 2.45) is 0 Å². The highest BCUT2D eigenvalue weighted by Crippen LogP contribution is 2.20. The molecule has 0 aliphatic heterocycles. The lowest BCUT2D eigenvalue weighted by molar-refractivity contribution is -0.114. The van der Waals surface area contributed by atoms with Gasteiger partial charge in [0, 0.05) is 11.8 Å². The Hall–Kier alpha value is -2.96. The van der Waals surface area contributed by atoms with E-state index in [-0.39, 0.29) is 12.2 Å². The van der Waals surface area contributed by atoms with E-state index < -0.39 is 29.1 Å². The summed E-state index contributed by atoms with van der Waals surface area (Å²) in [6.45, 7) is -0.151. The molecular formula is C15H12F2N2O3. The molecule has 0 bridgehead atoms. The van der Waals surface area contributed by atoms with Crippen LogP contribution in [0.5, 0.6) is 0 Å². The Morgan fingerprint density at radius 2 is 1.68 bits per heavy atom. The first-order valence-corrected chi connectivity index (χ1v) is 6.28. The average Bonchev–Trinajstić information content (AvgIpc) is 2.49. The van der Waals surface area contributed by atoms with Gasteiger partial charge in [0.1, 0.15) is 0 Å². The number of hydrogen-bond acceptors (Lipinski definition) is 3. The lowest BCUT2D eigenvalue weighted by Gasteiger charge is -2.10. The van der Waals surface area contributed by atoms with Crippen molar-refractivity contribution in [2.45, 2.75) is 0 Å². The maximum atomic E-state index is 13.2. The van der Waals surface area contributed by atoms with Gasteiger partial charge in [0.05, 0.1) is 17.8 Å². The fraction of sp³-hybridized carbons (Fsp3) is 0.0667. The molecule has 114 valence electrons. The van der Waals surface area contributed by atoms with Crippen LogP contribution in [-0.2, 0) is 4.79 Å². The molecule has 0 atom stereocenters. The normalized spacial score (nSPS) is 10.1. The van der Waals surface area contributed by atoms with Crippen molar-refractivity contribution < 1.29 is 23.5 Å². The van der Waals surface area contributed by atoms with Gasteiger partial charge in [-0.2, -0.15) is 0 Å². The Labute approximate surface area is 124 Å². The molecule has 0 unspecified atom stereocenters. The number of aromatic carboxylic acids is 1. The van der Waals surface area contributed by atoms with Gasteiger partial charge in [0.15, 0.2) is 11.6 Å². The predicted molar refractivity (Wildman–Crippen MR) is 76.9 cm³/mol. The van der Waals surface area contributed by atoms with Crippen LogP contribution in [0.2, 0.25) is 0 Å². The molecule has 0 radical (unpaired) electrons. The summed E-state index contributed by atoms with van der Waals surface area (Å²) in [4.78, 5) is 22.8. The highest BCUT2D eigenvalue weighted by molar-refractivity contribution is 6.01. The van der Waals surface area contributed by atoms with Crippen LogP contribution >= 0.6 is 0 Å². The molecule has 0 spiro atoms. The average molecular weight is 306 g/mol. The first kappa shape index (κ1) is 15.4. The third kappa shape index (κ3) is 3.78. The number of anilines is 2. The standard InChI is InChI=1S/C15H12F2N2O3/c16-11-6-10(15(21)22)13(7-12(11)17)19-14(20)8-18-9-4-2-1-3-5-9/h1-7,18H,8H2,(H,19,20)(H,21,22). The molecule has 2 rings (SSSR count). The minimum Gasteiger partial charge on any atom is -0.478 e. The van der Waals surface area contributed by atoms with Crippen LogP contribution in [0.4, 0.5) is 20.2 Å². The first-order valence-electron chi connectivity index (χ1n) is 6.28. The number of carbonyl (C=O) groups excluding carboxylic acids is 1. The molecule has 2 aromatic carbocycles. The van der Waals surface area contributed by atoms with E-state index in [1.54, 1.807) is 24.3 Å². The molecule has 22 heavy (non-hydrogen) atoms. The SMILES string of the molecule is O=C(CNc1ccccc1)Nc1cc(F)c(F)cc1C(=O)O. The number of nitrogens with one attached hydrogen (secondary N) is 2. The quantitative estimate of drug-likeness (QED) is 0.793. The molecule has 1 amide bonds. The highest BCUT2D eigenvalue weighted by Gasteiger charge is 2.17. The maximum absolute atomic E-state index is 13.2. The zero-order valence-corrected chi connectivity index (χ0v) is 11.3. The van der Waals surface area contributed by atoms with Crippen LogP contribution in [0.3, 0.4) is 0 Å². The maximum Gasteiger partial charge on any atom is 0.337 e. The topological polar surface area (TPSA) is 78.4 Å². The molecule has 0 saturated carbocycles. The minimum atomic E-state index is -1.47. The van der Waals surface area contributed by atoms with Crippen molar-refractivity contribution in [2.75, 3.05) is 17.2 Å². The highest BCUT2D eigenvalue weighted by atomic mass is 19.2. The van der Waals surface area contributed by atoms with E-state index in [2.05, 4.69) is 10.6 Å². The number of benzene rings is 2. The van der Waals surface area contributed by atoms with Gasteiger partial charge in [-0.15, -0.1) is 0 Å². The smallest absolute Gasteiger partial charge is 0.337 e. The van der Waals surface area contributed by atoms with Crippen LogP contribution in [0.25, 0.3) is 0 Å². The Balaban J connectivity index is 2.08. The van der Waals surface area contributed by atoms with Crippen molar-refractivity contribution in [1.29, 1.82) is 0 Å². The lowest BCUT2D eigenvalue weighted by atomic mass is 10.1. The number of halogens is 2. The number of carboxylic acid groups (broad SMARTS) is 1. The molecular weight excluding hydrogens is 294 g/mol. The molecule has 3 N–H and O–H groups in total. The number of rotatable bonds is 5. The second-order valence-corrected chi connectivity index (χ2v) is 4.38. The summed E-state index contributed by atoms with van der Waals surface area (Å²) in [7, 11) is 0. The Morgan fingerprint density at radius 1 is 1.05 bits per heavy atom. The number of carbonyl (C=O) groups is 2. The largest absolute Gasteiger partial charge is 0.478 e. The number of carboxylic acids is 1. The van der Waals surface area contributed by atoms with E-state index in [1.807, 2.05) is 6.07 Å². The summed E-state index contributed by atoms with van der Waals surface area (Å²) in [6.07, 6.45) is 0. The number of para-hydroxylation sites is 1. The van der Waals surface area contributed by atoms with Crippen LogP contribution < -0.4 is 10.6 Å². The van der Waals surface area contributed by atoms with Crippen LogP contribution in [-0.4, -0.2) is 23.5 Å². The van der Waals surface area contributed by atoms with Crippen molar-refractivity contribution >= 4 is 23.3 Å². The fourth-order valence-corrected chi connectivity index (χ4v) is 1.76. The van der Waals surface area contributed by atoms with Crippen LogP contribution in [0.15, 0.2) is 42.5 Å². The molecule has 0 heterocycles. The Kier molecular flexibility index (Phi) is 4.67. The van der Waals surface area contributed by atoms with Crippen molar-refractivity contribution in [3.63, 3.8) is 0 Å². The Morgan fingerprint density at radius 3 is 2.32 bits per heavy atom. The second kappa shape index (κ2) is 6.66. The van der Waals surface area contributed by atoms with Crippen molar-refractivity contribution in [3.8, 4) is 0 Å². The summed E-state index contributed by atoms with van der Waals surface area (Å²) in [5.74, 6) is -4.59. The van der Waals surface area contributed by atoms with Gasteiger partial charge < -0.3 is 15.7 Å². The third-order valence-electron chi connectivity index (χ3n) is 2.79. The van der Waals surface area contributed by atoms with Gasteiger partial charge in [-0.25, -0.2) is 13.6 Å². The van der Waals surface area contributed by atoms with E-state index in [4.69, 9.17) is 5.11 Å². The molecule has 0 aliphatic carbocycles. The van der Waals surface area contributed by atoms with Gasteiger partial charge in [0.25, 0.3) is 0 Å². The van der Waals surface area contributed by atoms with Gasteiger partial charge in [-0.05, 0) is 18.2 Å². The van der Waals surface area contributed by atoms with Crippen LogP contribution in [0, 0.1) is 11.6 Å². The lowest BCUT2D eigenvalue weighted by Crippen LogP contribution is -2.23. The molecule has 2 aromatic rings. The van der Waals surface area contributed by atoms with Crippen molar-refractivity contribution in [3.05, 3.63) is 59.7 Å². The summed E-state index contributed by atoms with van der Waals surface area (Å²) in [5, 5.41) is 14.0. The van der Waals surface area contributed by atoms with Gasteiger partial charge in [-0.1, -0.05) is 18.2 Å². The van der Waals surface area contributed by atoms with E-state index >= 15 is 0 Å². The molecule has 0 fully saturated rings. The molecule has 7 heteroatoms. The zero-order valence-electron chi connectivity index (χ0n) is 11.3. The third-order valence-corrected chi connectivity index (χ3v) is 2.79. The minimum absolute atomic E-state index is 0.151. The first-order chi connectivity index (χ1) is 10.5. The monoisotopic (exact) mass is 306 g/mol.